The minimum Gasteiger partial charge on any atom is -0.376 e. The van der Waals surface area contributed by atoms with E-state index >= 15 is 0 Å². The highest BCUT2D eigenvalue weighted by Gasteiger charge is 2.09. The molecule has 0 saturated carbocycles. The van der Waals surface area contributed by atoms with Crippen LogP contribution in [-0.4, -0.2) is 50.1 Å². The van der Waals surface area contributed by atoms with Crippen LogP contribution in [0.25, 0.3) is 0 Å². The van der Waals surface area contributed by atoms with Crippen LogP contribution in [-0.2, 0) is 4.79 Å². The smallest absolute Gasteiger partial charge is 0.323 e. The lowest BCUT2D eigenvalue weighted by Crippen LogP contribution is -2.23. The van der Waals surface area contributed by atoms with Gasteiger partial charge in [0.2, 0.25) is 11.9 Å². The van der Waals surface area contributed by atoms with Crippen molar-refractivity contribution >= 4 is 52.2 Å². The molecule has 0 saturated heterocycles. The van der Waals surface area contributed by atoms with E-state index in [4.69, 9.17) is 11.5 Å². The van der Waals surface area contributed by atoms with Crippen LogP contribution in [0, 0.1) is 6.92 Å². The molecule has 208 valence electrons. The number of benzene rings is 3. The Morgan fingerprint density at radius 3 is 2.23 bits per heavy atom. The lowest BCUT2D eigenvalue weighted by molar-refractivity contribution is -0.114. The number of anilines is 4. The van der Waals surface area contributed by atoms with Crippen LogP contribution in [0.15, 0.2) is 81.9 Å². The molecular weight excluding hydrogens is 508 g/mol. The van der Waals surface area contributed by atoms with Gasteiger partial charge in [0, 0.05) is 42.4 Å². The van der Waals surface area contributed by atoms with Crippen molar-refractivity contribution in [2.75, 3.05) is 41.9 Å². The Bertz CT molecular complexity index is 1440. The van der Waals surface area contributed by atoms with Gasteiger partial charge in [-0.25, -0.2) is 4.79 Å². The van der Waals surface area contributed by atoms with E-state index in [2.05, 4.69) is 41.8 Å². The number of urea groups is 1. The zero-order valence-corrected chi connectivity index (χ0v) is 22.9. The Morgan fingerprint density at radius 2 is 1.55 bits per heavy atom. The van der Waals surface area contributed by atoms with Gasteiger partial charge in [-0.15, -0.1) is 5.10 Å². The fourth-order valence-corrected chi connectivity index (χ4v) is 3.65. The zero-order chi connectivity index (χ0) is 29.1. The summed E-state index contributed by atoms with van der Waals surface area (Å²) >= 11 is 0. The van der Waals surface area contributed by atoms with Gasteiger partial charge < -0.3 is 38.1 Å². The number of nitrogens with one attached hydrogen (secondary N) is 5. The maximum absolute atomic E-state index is 12.6. The molecule has 0 unspecified atom stereocenters. The van der Waals surface area contributed by atoms with Gasteiger partial charge in [0.25, 0.3) is 0 Å². The predicted octanol–water partition coefficient (Wildman–Crippen LogP) is 3.28. The summed E-state index contributed by atoms with van der Waals surface area (Å²) in [6, 6.07) is 19.6. The van der Waals surface area contributed by atoms with Crippen molar-refractivity contribution in [1.29, 1.82) is 0 Å². The molecule has 0 aliphatic rings. The van der Waals surface area contributed by atoms with E-state index in [1.165, 1.54) is 0 Å². The highest BCUT2D eigenvalue weighted by Crippen LogP contribution is 2.21. The first kappa shape index (κ1) is 29.2. The van der Waals surface area contributed by atoms with Gasteiger partial charge in [-0.05, 0) is 73.5 Å². The van der Waals surface area contributed by atoms with Crippen LogP contribution in [0.3, 0.4) is 0 Å². The van der Waals surface area contributed by atoms with Crippen molar-refractivity contribution in [3.63, 3.8) is 0 Å². The average Bonchev–Trinajstić information content (AvgIpc) is 2.94. The van der Waals surface area contributed by atoms with Crippen LogP contribution in [0.4, 0.5) is 27.5 Å². The molecule has 0 spiro atoms. The number of aliphatic imine (C=N–C) groups is 1. The SMILES string of the molecule is CN=C(NC)c1ccc(NC(=O)Nc2cc(NC(=O)CNc3cccc(C(C)=NN=C(N)N)c3)ccc2C)cc1. The second kappa shape index (κ2) is 14.0. The third-order valence-corrected chi connectivity index (χ3v) is 5.70. The summed E-state index contributed by atoms with van der Waals surface area (Å²) in [7, 11) is 3.50. The summed E-state index contributed by atoms with van der Waals surface area (Å²) in [5.41, 5.74) is 16.3. The van der Waals surface area contributed by atoms with Crippen molar-refractivity contribution in [2.45, 2.75) is 13.8 Å². The van der Waals surface area contributed by atoms with Crippen LogP contribution in [0.5, 0.6) is 0 Å². The van der Waals surface area contributed by atoms with Crippen LogP contribution in [0.1, 0.15) is 23.6 Å². The van der Waals surface area contributed by atoms with Crippen LogP contribution < -0.4 is 38.1 Å². The lowest BCUT2D eigenvalue weighted by atomic mass is 10.1. The molecule has 3 aromatic rings. The molecule has 3 amide bonds. The van der Waals surface area contributed by atoms with Gasteiger partial charge in [-0.2, -0.15) is 5.10 Å². The number of carbonyl (C=O) groups excluding carboxylic acids is 2. The minimum atomic E-state index is -0.405. The number of aryl methyl sites for hydroxylation is 1. The number of carbonyl (C=O) groups is 2. The highest BCUT2D eigenvalue weighted by atomic mass is 16.2. The summed E-state index contributed by atoms with van der Waals surface area (Å²) in [6.07, 6.45) is 0. The standard InChI is InChI=1S/C28H34N10O2/c1-17-8-11-23(15-24(17)36-28(40)35-21-12-9-19(10-13-21)26(31-3)32-4)34-25(39)16-33-22-7-5-6-20(14-22)18(2)37-38-27(29)30/h5-15,33H,16H2,1-4H3,(H,31,32)(H,34,39)(H4,29,30,38)(H2,35,36,40). The summed E-state index contributed by atoms with van der Waals surface area (Å²) in [4.78, 5) is 29.4. The lowest BCUT2D eigenvalue weighted by Gasteiger charge is -2.13. The van der Waals surface area contributed by atoms with E-state index in [0.29, 0.717) is 22.8 Å². The Labute approximate surface area is 233 Å². The quantitative estimate of drug-likeness (QED) is 0.124. The summed E-state index contributed by atoms with van der Waals surface area (Å²) in [5.74, 6) is 0.363. The van der Waals surface area contributed by atoms with Gasteiger partial charge in [0.05, 0.1) is 12.3 Å². The maximum Gasteiger partial charge on any atom is 0.323 e. The Balaban J connectivity index is 1.57. The van der Waals surface area contributed by atoms with E-state index in [1.807, 2.05) is 49.4 Å². The molecule has 12 nitrogen and oxygen atoms in total. The summed E-state index contributed by atoms with van der Waals surface area (Å²) in [6.45, 7) is 3.67. The fraction of sp³-hybridized carbons (Fsp3) is 0.179. The van der Waals surface area contributed by atoms with Crippen molar-refractivity contribution in [2.24, 2.45) is 26.7 Å². The molecule has 0 atom stereocenters. The molecule has 12 heteroatoms. The second-order valence-electron chi connectivity index (χ2n) is 8.70. The number of amidine groups is 1. The van der Waals surface area contributed by atoms with Crippen molar-refractivity contribution in [1.82, 2.24) is 5.32 Å². The van der Waals surface area contributed by atoms with Crippen LogP contribution in [0.2, 0.25) is 0 Å². The number of hydrogen-bond acceptors (Lipinski definition) is 6. The van der Waals surface area contributed by atoms with Crippen molar-refractivity contribution in [3.05, 3.63) is 83.4 Å². The van der Waals surface area contributed by atoms with Gasteiger partial charge in [-0.1, -0.05) is 18.2 Å². The van der Waals surface area contributed by atoms with Gasteiger partial charge in [0.15, 0.2) is 0 Å². The van der Waals surface area contributed by atoms with Gasteiger partial charge in [0.1, 0.15) is 5.84 Å². The molecule has 0 aromatic heterocycles. The van der Waals surface area contributed by atoms with Crippen molar-refractivity contribution < 1.29 is 9.59 Å². The number of nitrogens with two attached hydrogens (primary N) is 2. The molecule has 40 heavy (non-hydrogen) atoms. The molecule has 0 aliphatic heterocycles. The van der Waals surface area contributed by atoms with E-state index < -0.39 is 6.03 Å². The second-order valence-corrected chi connectivity index (χ2v) is 8.70. The molecule has 3 rings (SSSR count). The molecule has 3 aromatic carbocycles. The maximum atomic E-state index is 12.6. The zero-order valence-electron chi connectivity index (χ0n) is 22.9. The predicted molar refractivity (Wildman–Crippen MR) is 163 cm³/mol. The molecule has 0 heterocycles. The Morgan fingerprint density at radius 1 is 0.825 bits per heavy atom. The first-order valence-electron chi connectivity index (χ1n) is 12.4. The van der Waals surface area contributed by atoms with Gasteiger partial charge in [-0.3, -0.25) is 9.79 Å². The third kappa shape index (κ3) is 8.58. The molecule has 0 bridgehead atoms. The van der Waals surface area contributed by atoms with E-state index in [1.54, 1.807) is 45.3 Å². The monoisotopic (exact) mass is 542 g/mol. The fourth-order valence-electron chi connectivity index (χ4n) is 3.65. The normalized spacial score (nSPS) is 11.3. The van der Waals surface area contributed by atoms with E-state index in [0.717, 1.165) is 28.2 Å². The highest BCUT2D eigenvalue weighted by molar-refractivity contribution is 6.03. The Hall–Kier alpha value is -5.39. The third-order valence-electron chi connectivity index (χ3n) is 5.70. The number of amides is 3. The van der Waals surface area contributed by atoms with Crippen LogP contribution >= 0.6 is 0 Å². The minimum absolute atomic E-state index is 0.0265. The molecule has 9 N–H and O–H groups in total. The topological polar surface area (TPSA) is 183 Å². The Kier molecular flexibility index (Phi) is 10.2. The first-order chi connectivity index (χ1) is 19.2. The van der Waals surface area contributed by atoms with Crippen molar-refractivity contribution in [3.8, 4) is 0 Å². The molecule has 0 fully saturated rings. The summed E-state index contributed by atoms with van der Waals surface area (Å²) < 4.78 is 0. The number of nitrogens with zero attached hydrogens (tertiary/aromatic N) is 3. The molecule has 0 radical (unpaired) electrons. The molecular formula is C28H34N10O2. The number of hydrogen-bond donors (Lipinski definition) is 7. The number of guanidine groups is 1. The first-order valence-corrected chi connectivity index (χ1v) is 12.4. The van der Waals surface area contributed by atoms with Gasteiger partial charge >= 0.3 is 6.03 Å². The van der Waals surface area contributed by atoms with E-state index in [-0.39, 0.29) is 18.4 Å². The molecule has 0 aliphatic carbocycles. The van der Waals surface area contributed by atoms with E-state index in [9.17, 15) is 9.59 Å². The summed E-state index contributed by atoms with van der Waals surface area (Å²) in [5, 5.41) is 22.2. The average molecular weight is 543 g/mol. The number of rotatable bonds is 9. The largest absolute Gasteiger partial charge is 0.376 e.